The summed E-state index contributed by atoms with van der Waals surface area (Å²) in [6, 6.07) is 0.434. The highest BCUT2D eigenvalue weighted by Crippen LogP contribution is 2.28. The van der Waals surface area contributed by atoms with Gasteiger partial charge in [-0.15, -0.1) is 0 Å². The van der Waals surface area contributed by atoms with Crippen LogP contribution >= 0.6 is 0 Å². The second kappa shape index (κ2) is 3.71. The maximum Gasteiger partial charge on any atom is 0.0952 e. The molecule has 2 unspecified atom stereocenters. The zero-order valence-electron chi connectivity index (χ0n) is 8.68. The lowest BCUT2D eigenvalue weighted by atomic mass is 10.1. The van der Waals surface area contributed by atoms with Crippen molar-refractivity contribution in [2.24, 2.45) is 5.73 Å². The molecule has 0 bridgehead atoms. The van der Waals surface area contributed by atoms with Crippen LogP contribution in [-0.2, 0) is 4.74 Å². The maximum atomic E-state index is 5.87. The summed E-state index contributed by atoms with van der Waals surface area (Å²) in [5, 5.41) is 0. The van der Waals surface area contributed by atoms with Crippen LogP contribution in [0.3, 0.4) is 0 Å². The average Bonchev–Trinajstić information content (AvgIpc) is 2.70. The largest absolute Gasteiger partial charge is 0.376 e. The Morgan fingerprint density at radius 1 is 1.71 bits per heavy atom. The van der Waals surface area contributed by atoms with Gasteiger partial charge in [-0.2, -0.15) is 0 Å². The van der Waals surface area contributed by atoms with Crippen LogP contribution < -0.4 is 5.73 Å². The van der Waals surface area contributed by atoms with Crippen molar-refractivity contribution in [3.8, 4) is 0 Å². The first-order valence-electron chi connectivity index (χ1n) is 5.09. The Hall–Kier alpha value is -0.870. The minimum Gasteiger partial charge on any atom is -0.376 e. The van der Waals surface area contributed by atoms with Crippen LogP contribution in [0.1, 0.15) is 38.0 Å². The zero-order chi connectivity index (χ0) is 10.1. The van der Waals surface area contributed by atoms with Gasteiger partial charge >= 0.3 is 0 Å². The third-order valence-corrected chi connectivity index (χ3v) is 2.86. The van der Waals surface area contributed by atoms with Gasteiger partial charge in [-0.3, -0.25) is 0 Å². The first-order chi connectivity index (χ1) is 6.70. The van der Waals surface area contributed by atoms with Crippen molar-refractivity contribution >= 4 is 0 Å². The molecule has 1 aromatic rings. The lowest BCUT2D eigenvalue weighted by Gasteiger charge is -2.19. The highest BCUT2D eigenvalue weighted by atomic mass is 16.5. The first kappa shape index (κ1) is 9.68. The first-order valence-corrected chi connectivity index (χ1v) is 5.09. The van der Waals surface area contributed by atoms with E-state index in [0.29, 0.717) is 6.04 Å². The molecule has 1 fully saturated rings. The van der Waals surface area contributed by atoms with E-state index in [9.17, 15) is 0 Å². The van der Waals surface area contributed by atoms with Crippen molar-refractivity contribution in [1.82, 2.24) is 9.55 Å². The van der Waals surface area contributed by atoms with Gasteiger partial charge in [0.05, 0.1) is 24.2 Å². The molecule has 2 rings (SSSR count). The summed E-state index contributed by atoms with van der Waals surface area (Å²) in [6.07, 6.45) is 5.02. The normalized spacial score (nSPS) is 29.4. The molecule has 0 saturated carbocycles. The van der Waals surface area contributed by atoms with Crippen molar-refractivity contribution < 1.29 is 4.74 Å². The molecule has 1 aliphatic heterocycles. The molecule has 3 atom stereocenters. The number of rotatable bonds is 2. The summed E-state index contributed by atoms with van der Waals surface area (Å²) in [7, 11) is 0. The molecule has 2 N–H and O–H groups in total. The third kappa shape index (κ3) is 1.55. The molecule has 0 amide bonds. The molecule has 4 nitrogen and oxygen atoms in total. The van der Waals surface area contributed by atoms with Crippen LogP contribution in [0, 0.1) is 0 Å². The van der Waals surface area contributed by atoms with Gasteiger partial charge in [0.25, 0.3) is 0 Å². The summed E-state index contributed by atoms with van der Waals surface area (Å²) in [6.45, 7) is 4.92. The van der Waals surface area contributed by atoms with Gasteiger partial charge in [0.1, 0.15) is 0 Å². The number of nitrogens with two attached hydrogens (primary N) is 1. The second-order valence-corrected chi connectivity index (χ2v) is 3.95. The van der Waals surface area contributed by atoms with Gasteiger partial charge < -0.3 is 15.0 Å². The Kier molecular flexibility index (Phi) is 2.56. The molecular formula is C10H17N3O. The fourth-order valence-corrected chi connectivity index (χ4v) is 2.03. The molecule has 2 heterocycles. The molecule has 4 heteroatoms. The minimum absolute atomic E-state index is 0.0327. The molecule has 78 valence electrons. The van der Waals surface area contributed by atoms with Gasteiger partial charge in [-0.1, -0.05) is 0 Å². The highest BCUT2D eigenvalue weighted by Gasteiger charge is 2.27. The van der Waals surface area contributed by atoms with E-state index >= 15 is 0 Å². The van der Waals surface area contributed by atoms with Crippen molar-refractivity contribution in [3.63, 3.8) is 0 Å². The standard InChI is InChI=1S/C10H17N3O/c1-7(11)10-5-12-6-13(10)9-3-4-14-8(9)2/h5-9H,3-4,11H2,1-2H3/t7-,8?,9?/m1/s1. The van der Waals surface area contributed by atoms with Crippen molar-refractivity contribution in [2.45, 2.75) is 38.5 Å². The smallest absolute Gasteiger partial charge is 0.0952 e. The average molecular weight is 195 g/mol. The quantitative estimate of drug-likeness (QED) is 0.772. The SMILES string of the molecule is CC1OCCC1n1cncc1[C@@H](C)N. The Morgan fingerprint density at radius 3 is 3.07 bits per heavy atom. The van der Waals surface area contributed by atoms with Crippen LogP contribution in [0.15, 0.2) is 12.5 Å². The van der Waals surface area contributed by atoms with E-state index < -0.39 is 0 Å². The molecular weight excluding hydrogens is 178 g/mol. The lowest BCUT2D eigenvalue weighted by molar-refractivity contribution is 0.107. The van der Waals surface area contributed by atoms with E-state index in [0.717, 1.165) is 18.7 Å². The summed E-state index contributed by atoms with van der Waals surface area (Å²) in [4.78, 5) is 4.15. The summed E-state index contributed by atoms with van der Waals surface area (Å²) in [5.74, 6) is 0. The van der Waals surface area contributed by atoms with E-state index in [1.165, 1.54) is 0 Å². The van der Waals surface area contributed by atoms with Crippen molar-refractivity contribution in [2.75, 3.05) is 6.61 Å². The van der Waals surface area contributed by atoms with Crippen LogP contribution in [0.2, 0.25) is 0 Å². The molecule has 14 heavy (non-hydrogen) atoms. The predicted octanol–water partition coefficient (Wildman–Crippen LogP) is 1.25. The molecule has 1 aromatic heterocycles. The fourth-order valence-electron chi connectivity index (χ4n) is 2.03. The Labute approximate surface area is 84.1 Å². The minimum atomic E-state index is 0.0327. The van der Waals surface area contributed by atoms with Crippen LogP contribution in [0.25, 0.3) is 0 Å². The van der Waals surface area contributed by atoms with Crippen LogP contribution in [-0.4, -0.2) is 22.3 Å². The van der Waals surface area contributed by atoms with Gasteiger partial charge in [-0.25, -0.2) is 4.98 Å². The monoisotopic (exact) mass is 195 g/mol. The maximum absolute atomic E-state index is 5.87. The van der Waals surface area contributed by atoms with Crippen LogP contribution in [0.4, 0.5) is 0 Å². The Bertz CT molecular complexity index is 308. The van der Waals surface area contributed by atoms with Gasteiger partial charge in [0.2, 0.25) is 0 Å². The van der Waals surface area contributed by atoms with Gasteiger partial charge in [0, 0.05) is 18.8 Å². The van der Waals surface area contributed by atoms with E-state index in [1.54, 1.807) is 0 Å². The zero-order valence-corrected chi connectivity index (χ0v) is 8.68. The van der Waals surface area contributed by atoms with E-state index in [-0.39, 0.29) is 12.1 Å². The number of imidazole rings is 1. The highest BCUT2D eigenvalue weighted by molar-refractivity contribution is 5.06. The number of hydrogen-bond acceptors (Lipinski definition) is 3. The third-order valence-electron chi connectivity index (χ3n) is 2.86. The molecule has 0 radical (unpaired) electrons. The summed E-state index contributed by atoms with van der Waals surface area (Å²) in [5.41, 5.74) is 6.96. The summed E-state index contributed by atoms with van der Waals surface area (Å²) >= 11 is 0. The van der Waals surface area contributed by atoms with Crippen molar-refractivity contribution in [1.29, 1.82) is 0 Å². The van der Waals surface area contributed by atoms with Crippen molar-refractivity contribution in [3.05, 3.63) is 18.2 Å². The molecule has 1 saturated heterocycles. The molecule has 0 spiro atoms. The number of nitrogens with zero attached hydrogens (tertiary/aromatic N) is 2. The number of ether oxygens (including phenoxy) is 1. The van der Waals surface area contributed by atoms with Crippen LogP contribution in [0.5, 0.6) is 0 Å². The topological polar surface area (TPSA) is 53.1 Å². The Balaban J connectivity index is 2.26. The van der Waals surface area contributed by atoms with E-state index in [1.807, 2.05) is 19.4 Å². The number of hydrogen-bond donors (Lipinski definition) is 1. The predicted molar refractivity (Wildman–Crippen MR) is 53.9 cm³/mol. The summed E-state index contributed by atoms with van der Waals surface area (Å²) < 4.78 is 7.69. The molecule has 1 aliphatic rings. The second-order valence-electron chi connectivity index (χ2n) is 3.95. The van der Waals surface area contributed by atoms with Gasteiger partial charge in [-0.05, 0) is 20.3 Å². The molecule has 0 aromatic carbocycles. The van der Waals surface area contributed by atoms with Gasteiger partial charge in [0.15, 0.2) is 0 Å². The van der Waals surface area contributed by atoms with E-state index in [2.05, 4.69) is 16.5 Å². The number of aromatic nitrogens is 2. The molecule has 0 aliphatic carbocycles. The Morgan fingerprint density at radius 2 is 2.50 bits per heavy atom. The fraction of sp³-hybridized carbons (Fsp3) is 0.700. The van der Waals surface area contributed by atoms with E-state index in [4.69, 9.17) is 10.5 Å². The lowest BCUT2D eigenvalue weighted by Crippen LogP contribution is -2.21.